The highest BCUT2D eigenvalue weighted by molar-refractivity contribution is 8.00. The van der Waals surface area contributed by atoms with E-state index in [4.69, 9.17) is 0 Å². The molecule has 0 bridgehead atoms. The standard InChI is InChI=1S/C20H23N3OS/c1-14-15(2)18(12-21)20(23-16(14)3)25-13-19(24)22-11-7-10-17-8-5-4-6-9-17/h4-6,8-9H,7,10-11,13H2,1-3H3,(H,22,24). The van der Waals surface area contributed by atoms with Gasteiger partial charge in [-0.1, -0.05) is 42.1 Å². The van der Waals surface area contributed by atoms with Gasteiger partial charge in [0, 0.05) is 12.2 Å². The molecule has 25 heavy (non-hydrogen) atoms. The number of nitriles is 1. The van der Waals surface area contributed by atoms with Crippen LogP contribution in [0.3, 0.4) is 0 Å². The van der Waals surface area contributed by atoms with Gasteiger partial charge in [-0.25, -0.2) is 4.98 Å². The molecule has 0 atom stereocenters. The number of hydrogen-bond donors (Lipinski definition) is 1. The quantitative estimate of drug-likeness (QED) is 0.608. The molecule has 5 heteroatoms. The van der Waals surface area contributed by atoms with Gasteiger partial charge in [-0.2, -0.15) is 5.26 Å². The lowest BCUT2D eigenvalue weighted by atomic mass is 10.1. The Balaban J connectivity index is 1.81. The Morgan fingerprint density at radius 3 is 2.60 bits per heavy atom. The van der Waals surface area contributed by atoms with Gasteiger partial charge in [-0.05, 0) is 50.3 Å². The number of nitrogens with zero attached hydrogens (tertiary/aromatic N) is 2. The minimum absolute atomic E-state index is 0.0281. The van der Waals surface area contributed by atoms with Crippen molar-refractivity contribution in [2.75, 3.05) is 12.3 Å². The third-order valence-corrected chi connectivity index (χ3v) is 5.20. The largest absolute Gasteiger partial charge is 0.355 e. The van der Waals surface area contributed by atoms with E-state index < -0.39 is 0 Å². The molecular formula is C20H23N3OS. The average Bonchev–Trinajstić information content (AvgIpc) is 2.62. The fourth-order valence-corrected chi connectivity index (χ4v) is 3.41. The van der Waals surface area contributed by atoms with Crippen LogP contribution in [0.15, 0.2) is 35.4 Å². The predicted octanol–water partition coefficient (Wildman–Crippen LogP) is 3.72. The minimum atomic E-state index is -0.0281. The number of thioether (sulfide) groups is 1. The Morgan fingerprint density at radius 2 is 1.92 bits per heavy atom. The maximum Gasteiger partial charge on any atom is 0.230 e. The number of rotatable bonds is 7. The van der Waals surface area contributed by atoms with Crippen LogP contribution in [-0.2, 0) is 11.2 Å². The van der Waals surface area contributed by atoms with Crippen LogP contribution in [0, 0.1) is 32.1 Å². The van der Waals surface area contributed by atoms with Crippen molar-refractivity contribution in [1.29, 1.82) is 5.26 Å². The van der Waals surface area contributed by atoms with E-state index in [1.54, 1.807) is 0 Å². The molecule has 1 heterocycles. The van der Waals surface area contributed by atoms with Gasteiger partial charge in [0.1, 0.15) is 11.1 Å². The normalized spacial score (nSPS) is 10.3. The van der Waals surface area contributed by atoms with Crippen LogP contribution < -0.4 is 5.32 Å². The smallest absolute Gasteiger partial charge is 0.230 e. The number of amides is 1. The molecule has 1 N–H and O–H groups in total. The average molecular weight is 353 g/mol. The predicted molar refractivity (Wildman–Crippen MR) is 102 cm³/mol. The summed E-state index contributed by atoms with van der Waals surface area (Å²) in [6.45, 7) is 6.47. The Bertz CT molecular complexity index is 782. The zero-order valence-electron chi connectivity index (χ0n) is 14.9. The maximum atomic E-state index is 12.0. The van der Waals surface area contributed by atoms with Gasteiger partial charge in [0.15, 0.2) is 0 Å². The first-order valence-electron chi connectivity index (χ1n) is 8.34. The van der Waals surface area contributed by atoms with Crippen LogP contribution in [0.25, 0.3) is 0 Å². The molecule has 130 valence electrons. The molecule has 0 radical (unpaired) electrons. The molecule has 0 aliphatic rings. The summed E-state index contributed by atoms with van der Waals surface area (Å²) in [7, 11) is 0. The molecule has 0 aliphatic carbocycles. The molecule has 4 nitrogen and oxygen atoms in total. The lowest BCUT2D eigenvalue weighted by Gasteiger charge is -2.11. The van der Waals surface area contributed by atoms with E-state index in [0.29, 0.717) is 17.1 Å². The molecule has 1 aromatic carbocycles. The summed E-state index contributed by atoms with van der Waals surface area (Å²) in [5, 5.41) is 12.9. The highest BCUT2D eigenvalue weighted by Gasteiger charge is 2.14. The zero-order chi connectivity index (χ0) is 18.2. The van der Waals surface area contributed by atoms with Crippen molar-refractivity contribution >= 4 is 17.7 Å². The molecule has 0 saturated heterocycles. The van der Waals surface area contributed by atoms with Crippen molar-refractivity contribution in [3.05, 3.63) is 58.3 Å². The molecule has 0 saturated carbocycles. The van der Waals surface area contributed by atoms with Gasteiger partial charge >= 0.3 is 0 Å². The van der Waals surface area contributed by atoms with E-state index in [1.807, 2.05) is 39.0 Å². The Kier molecular flexibility index (Phi) is 7.03. The van der Waals surface area contributed by atoms with E-state index in [2.05, 4.69) is 28.5 Å². The second kappa shape index (κ2) is 9.24. The number of carbonyl (C=O) groups is 1. The number of aryl methyl sites for hydroxylation is 2. The maximum absolute atomic E-state index is 12.0. The lowest BCUT2D eigenvalue weighted by Crippen LogP contribution is -2.26. The van der Waals surface area contributed by atoms with Gasteiger partial charge in [-0.15, -0.1) is 0 Å². The molecule has 0 unspecified atom stereocenters. The Labute approximate surface area is 153 Å². The first kappa shape index (κ1) is 19.0. The van der Waals surface area contributed by atoms with E-state index in [1.165, 1.54) is 17.3 Å². The van der Waals surface area contributed by atoms with Crippen molar-refractivity contribution in [3.63, 3.8) is 0 Å². The summed E-state index contributed by atoms with van der Waals surface area (Å²) in [6.07, 6.45) is 1.86. The summed E-state index contributed by atoms with van der Waals surface area (Å²) in [5.74, 6) is 0.245. The van der Waals surface area contributed by atoms with E-state index >= 15 is 0 Å². The molecule has 2 rings (SSSR count). The van der Waals surface area contributed by atoms with Crippen molar-refractivity contribution in [2.45, 2.75) is 38.6 Å². The molecule has 1 amide bonds. The first-order valence-corrected chi connectivity index (χ1v) is 9.32. The molecular weight excluding hydrogens is 330 g/mol. The van der Waals surface area contributed by atoms with Gasteiger partial charge in [0.25, 0.3) is 0 Å². The van der Waals surface area contributed by atoms with Crippen LogP contribution in [0.4, 0.5) is 0 Å². The molecule has 0 aliphatic heterocycles. The van der Waals surface area contributed by atoms with Crippen molar-refractivity contribution in [3.8, 4) is 6.07 Å². The van der Waals surface area contributed by atoms with Gasteiger partial charge in [-0.3, -0.25) is 4.79 Å². The van der Waals surface area contributed by atoms with Crippen LogP contribution in [-0.4, -0.2) is 23.2 Å². The van der Waals surface area contributed by atoms with E-state index in [-0.39, 0.29) is 11.7 Å². The topological polar surface area (TPSA) is 65.8 Å². The molecule has 1 aromatic heterocycles. The first-order chi connectivity index (χ1) is 12.0. The number of nitrogens with one attached hydrogen (secondary N) is 1. The van der Waals surface area contributed by atoms with E-state index in [0.717, 1.165) is 29.7 Å². The van der Waals surface area contributed by atoms with Gasteiger partial charge < -0.3 is 5.32 Å². The highest BCUT2D eigenvalue weighted by Crippen LogP contribution is 2.26. The summed E-state index contributed by atoms with van der Waals surface area (Å²) in [5.41, 5.74) is 4.74. The number of hydrogen-bond acceptors (Lipinski definition) is 4. The Morgan fingerprint density at radius 1 is 1.20 bits per heavy atom. The lowest BCUT2D eigenvalue weighted by molar-refractivity contribution is -0.118. The van der Waals surface area contributed by atoms with Crippen LogP contribution >= 0.6 is 11.8 Å². The monoisotopic (exact) mass is 353 g/mol. The number of benzene rings is 1. The number of aromatic nitrogens is 1. The second-order valence-electron chi connectivity index (χ2n) is 5.97. The molecule has 0 fully saturated rings. The summed E-state index contributed by atoms with van der Waals surface area (Å²) < 4.78 is 0. The molecule has 0 spiro atoms. The van der Waals surface area contributed by atoms with Gasteiger partial charge in [0.2, 0.25) is 5.91 Å². The van der Waals surface area contributed by atoms with Crippen molar-refractivity contribution in [1.82, 2.24) is 10.3 Å². The SMILES string of the molecule is Cc1nc(SCC(=O)NCCCc2ccccc2)c(C#N)c(C)c1C. The zero-order valence-corrected chi connectivity index (χ0v) is 15.7. The summed E-state index contributed by atoms with van der Waals surface area (Å²) in [6, 6.07) is 12.4. The fraction of sp³-hybridized carbons (Fsp3) is 0.350. The molecule has 2 aromatic rings. The second-order valence-corrected chi connectivity index (χ2v) is 6.93. The fourth-order valence-electron chi connectivity index (χ4n) is 2.50. The Hall–Kier alpha value is -2.32. The third-order valence-electron chi connectivity index (χ3n) is 4.22. The minimum Gasteiger partial charge on any atom is -0.355 e. The van der Waals surface area contributed by atoms with Crippen LogP contribution in [0.1, 0.15) is 34.4 Å². The number of pyridine rings is 1. The van der Waals surface area contributed by atoms with E-state index in [9.17, 15) is 10.1 Å². The summed E-state index contributed by atoms with van der Waals surface area (Å²) in [4.78, 5) is 16.5. The van der Waals surface area contributed by atoms with Gasteiger partial charge in [0.05, 0.1) is 11.3 Å². The van der Waals surface area contributed by atoms with Crippen LogP contribution in [0.5, 0.6) is 0 Å². The van der Waals surface area contributed by atoms with Crippen LogP contribution in [0.2, 0.25) is 0 Å². The number of carbonyl (C=O) groups excluding carboxylic acids is 1. The highest BCUT2D eigenvalue weighted by atomic mass is 32.2. The summed E-state index contributed by atoms with van der Waals surface area (Å²) >= 11 is 1.33. The van der Waals surface area contributed by atoms with Crippen molar-refractivity contribution < 1.29 is 4.79 Å². The van der Waals surface area contributed by atoms with Crippen molar-refractivity contribution in [2.24, 2.45) is 0 Å². The third kappa shape index (κ3) is 5.33.